The molecule has 0 aliphatic carbocycles. The zero-order valence-electron chi connectivity index (χ0n) is 38.2. The summed E-state index contributed by atoms with van der Waals surface area (Å²) in [6.45, 7) is 3.97. The van der Waals surface area contributed by atoms with Crippen molar-refractivity contribution in [3.63, 3.8) is 0 Å². The van der Waals surface area contributed by atoms with E-state index in [0.717, 1.165) is 51.4 Å². The Morgan fingerprint density at radius 1 is 0.607 bits per heavy atom. The van der Waals surface area contributed by atoms with E-state index in [9.17, 15) is 24.2 Å². The third-order valence-corrected chi connectivity index (χ3v) is 9.55. The van der Waals surface area contributed by atoms with Crippen molar-refractivity contribution < 1.29 is 47.2 Å². The van der Waals surface area contributed by atoms with Crippen LogP contribution in [0.3, 0.4) is 0 Å². The van der Waals surface area contributed by atoms with Crippen LogP contribution in [0.15, 0.2) is 122 Å². The summed E-state index contributed by atoms with van der Waals surface area (Å²) in [5.74, 6) is -1.06. The topological polar surface area (TPSA) is 129 Å². The van der Waals surface area contributed by atoms with E-state index in [1.54, 1.807) is 18.2 Å². The molecule has 344 valence electrons. The third kappa shape index (κ3) is 44.2. The van der Waals surface area contributed by atoms with Gasteiger partial charge in [0.1, 0.15) is 19.8 Å². The van der Waals surface area contributed by atoms with Gasteiger partial charge in [-0.25, -0.2) is 4.57 Å². The molecule has 0 rings (SSSR count). The number of aliphatic hydroxyl groups is 1. The minimum atomic E-state index is -4.44. The zero-order valence-corrected chi connectivity index (χ0v) is 39.1. The van der Waals surface area contributed by atoms with E-state index in [4.69, 9.17) is 18.5 Å². The molecule has 0 aromatic heterocycles. The molecule has 0 amide bonds. The van der Waals surface area contributed by atoms with Gasteiger partial charge in [0, 0.05) is 12.8 Å². The summed E-state index contributed by atoms with van der Waals surface area (Å²) in [6, 6.07) is 0. The molecule has 0 radical (unpaired) electrons. The van der Waals surface area contributed by atoms with Gasteiger partial charge < -0.3 is 24.0 Å². The van der Waals surface area contributed by atoms with Crippen LogP contribution in [-0.2, 0) is 32.7 Å². The number of hydrogen-bond donors (Lipinski definition) is 2. The van der Waals surface area contributed by atoms with Crippen molar-refractivity contribution in [1.82, 2.24) is 0 Å². The number of unbranched alkanes of at least 4 members (excludes halogenated alkanes) is 4. The normalized spacial score (nSPS) is 15.2. The zero-order chi connectivity index (χ0) is 45.1. The second kappa shape index (κ2) is 40.4. The van der Waals surface area contributed by atoms with Crippen LogP contribution in [0.1, 0.15) is 123 Å². The maximum absolute atomic E-state index is 12.7. The number of nitrogens with zero attached hydrogens (tertiary/aromatic N) is 1. The molecule has 0 saturated carbocycles. The van der Waals surface area contributed by atoms with E-state index in [2.05, 4.69) is 92.8 Å². The van der Waals surface area contributed by atoms with Crippen LogP contribution >= 0.6 is 7.82 Å². The van der Waals surface area contributed by atoms with E-state index in [-0.39, 0.29) is 26.1 Å². The molecule has 0 spiro atoms. The Balaban J connectivity index is 4.68. The highest BCUT2D eigenvalue weighted by molar-refractivity contribution is 7.47. The van der Waals surface area contributed by atoms with Gasteiger partial charge >= 0.3 is 19.8 Å². The Kier molecular flexibility index (Phi) is 38.0. The summed E-state index contributed by atoms with van der Waals surface area (Å²) in [4.78, 5) is 35.4. The van der Waals surface area contributed by atoms with E-state index in [0.29, 0.717) is 36.7 Å². The number of allylic oxidation sites excluding steroid dienone is 18. The summed E-state index contributed by atoms with van der Waals surface area (Å²) in [7, 11) is 1.32. The standard InChI is InChI=1S/C50H80NO9P/c1-6-8-10-12-14-16-18-20-21-22-23-25-27-29-31-33-37-42-50(54)60-48(46-59-61(55,56)58-44-43-51(3,4)5)45-57-49(53)41-38-34-36-40-47(52)39-35-32-30-28-26-24-19-17-15-13-11-9-7-2/h9,11,14-17,20-21,23-26,29-32,34-36,39,47-48,52H,6-8,10,12-13,18-19,22,27-28,33,37-38,40-46H2,1-5H3/p+1/b11-9-,16-14-,17-15-,21-20-,25-23-,26-24-,31-29-,32-30-,36-34-,39-35-/t47?,48-/m1/s1. The Morgan fingerprint density at radius 2 is 1.15 bits per heavy atom. The fourth-order valence-electron chi connectivity index (χ4n) is 5.06. The summed E-state index contributed by atoms with van der Waals surface area (Å²) in [5, 5.41) is 10.2. The molecule has 0 aromatic rings. The van der Waals surface area contributed by atoms with E-state index >= 15 is 0 Å². The van der Waals surface area contributed by atoms with Crippen molar-refractivity contribution in [3.8, 4) is 0 Å². The van der Waals surface area contributed by atoms with Crippen LogP contribution in [0.5, 0.6) is 0 Å². The van der Waals surface area contributed by atoms with Crippen LogP contribution in [0.25, 0.3) is 0 Å². The molecule has 2 unspecified atom stereocenters. The predicted molar refractivity (Wildman–Crippen MR) is 253 cm³/mol. The molecule has 0 fully saturated rings. The van der Waals surface area contributed by atoms with Crippen molar-refractivity contribution in [3.05, 3.63) is 122 Å². The molecule has 0 aromatic carbocycles. The average Bonchev–Trinajstić information content (AvgIpc) is 3.21. The van der Waals surface area contributed by atoms with Gasteiger partial charge in [-0.1, -0.05) is 148 Å². The van der Waals surface area contributed by atoms with Crippen molar-refractivity contribution in [1.29, 1.82) is 0 Å². The van der Waals surface area contributed by atoms with Gasteiger partial charge in [0.15, 0.2) is 6.10 Å². The lowest BCUT2D eigenvalue weighted by atomic mass is 10.2. The first kappa shape index (κ1) is 57.4. The minimum absolute atomic E-state index is 0.0136. The molecular formula is C50H81NO9P+. The van der Waals surface area contributed by atoms with Crippen LogP contribution < -0.4 is 0 Å². The number of phosphoric acid groups is 1. The van der Waals surface area contributed by atoms with Gasteiger partial charge in [-0.15, -0.1) is 0 Å². The van der Waals surface area contributed by atoms with Gasteiger partial charge in [0.05, 0.1) is 33.9 Å². The third-order valence-electron chi connectivity index (χ3n) is 8.57. The van der Waals surface area contributed by atoms with Crippen LogP contribution in [0.2, 0.25) is 0 Å². The molecule has 61 heavy (non-hydrogen) atoms. The number of aliphatic hydroxyl groups excluding tert-OH is 1. The summed E-state index contributed by atoms with van der Waals surface area (Å²) >= 11 is 0. The number of phosphoric ester groups is 1. The molecular weight excluding hydrogens is 790 g/mol. The van der Waals surface area contributed by atoms with Gasteiger partial charge in [-0.2, -0.15) is 0 Å². The highest BCUT2D eigenvalue weighted by Gasteiger charge is 2.27. The van der Waals surface area contributed by atoms with Crippen molar-refractivity contribution in [2.24, 2.45) is 0 Å². The average molecular weight is 871 g/mol. The minimum Gasteiger partial charge on any atom is -0.462 e. The number of likely N-dealkylation sites (N-methyl/N-ethyl adjacent to an activating group) is 1. The lowest BCUT2D eigenvalue weighted by Crippen LogP contribution is -2.37. The van der Waals surface area contributed by atoms with E-state index in [1.165, 1.54) is 19.3 Å². The predicted octanol–water partition coefficient (Wildman–Crippen LogP) is 11.9. The molecule has 0 bridgehead atoms. The van der Waals surface area contributed by atoms with E-state index < -0.39 is 38.6 Å². The van der Waals surface area contributed by atoms with Gasteiger partial charge in [-0.05, 0) is 83.5 Å². The Labute approximate surface area is 370 Å². The van der Waals surface area contributed by atoms with Crippen LogP contribution in [0, 0.1) is 0 Å². The lowest BCUT2D eigenvalue weighted by Gasteiger charge is -2.24. The van der Waals surface area contributed by atoms with Crippen LogP contribution in [0.4, 0.5) is 0 Å². The molecule has 3 atom stereocenters. The number of hydrogen-bond acceptors (Lipinski definition) is 8. The van der Waals surface area contributed by atoms with Crippen LogP contribution in [-0.4, -0.2) is 86.1 Å². The smallest absolute Gasteiger partial charge is 0.462 e. The number of ether oxygens (including phenoxy) is 2. The highest BCUT2D eigenvalue weighted by Crippen LogP contribution is 2.43. The Bertz CT molecular complexity index is 1460. The first-order valence-electron chi connectivity index (χ1n) is 22.4. The van der Waals surface area contributed by atoms with Gasteiger partial charge in [0.2, 0.25) is 0 Å². The fourth-order valence-corrected chi connectivity index (χ4v) is 5.80. The Hall–Kier alpha value is -3.63. The highest BCUT2D eigenvalue weighted by atomic mass is 31.2. The monoisotopic (exact) mass is 871 g/mol. The van der Waals surface area contributed by atoms with Crippen molar-refractivity contribution in [2.45, 2.75) is 135 Å². The number of esters is 2. The quantitative estimate of drug-likeness (QED) is 0.0156. The van der Waals surface area contributed by atoms with E-state index in [1.807, 2.05) is 45.4 Å². The maximum Gasteiger partial charge on any atom is 0.472 e. The lowest BCUT2D eigenvalue weighted by molar-refractivity contribution is -0.870. The second-order valence-electron chi connectivity index (χ2n) is 15.5. The summed E-state index contributed by atoms with van der Waals surface area (Å²) in [5.41, 5.74) is 0. The van der Waals surface area contributed by atoms with Crippen molar-refractivity contribution in [2.75, 3.05) is 47.5 Å². The molecule has 2 N–H and O–H groups in total. The number of quaternary nitrogens is 1. The number of rotatable bonds is 38. The molecule has 0 heterocycles. The maximum atomic E-state index is 12.7. The second-order valence-corrected chi connectivity index (χ2v) is 17.0. The summed E-state index contributed by atoms with van der Waals surface area (Å²) < 4.78 is 34.1. The molecule has 0 aliphatic rings. The Morgan fingerprint density at radius 3 is 1.72 bits per heavy atom. The first-order valence-corrected chi connectivity index (χ1v) is 23.9. The number of carbonyl (C=O) groups is 2. The fraction of sp³-hybridized carbons (Fsp3) is 0.560. The SMILES string of the molecule is CC/C=C\C/C=C\C/C=C\C/C=C\C=C/C(O)C/C=C\CCC(=O)OC[C@H](COP(=O)(O)OCC[N+](C)(C)C)OC(=O)CCC/C=C\C/C=C\C/C=C\C/C=C\CCCCC. The number of carbonyl (C=O) groups excluding carboxylic acids is 2. The largest absolute Gasteiger partial charge is 0.472 e. The molecule has 10 nitrogen and oxygen atoms in total. The molecule has 11 heteroatoms. The summed E-state index contributed by atoms with van der Waals surface area (Å²) in [6.07, 6.45) is 52.9. The van der Waals surface area contributed by atoms with Crippen molar-refractivity contribution >= 4 is 19.8 Å². The van der Waals surface area contributed by atoms with Gasteiger partial charge in [0.25, 0.3) is 0 Å². The van der Waals surface area contributed by atoms with Gasteiger partial charge in [-0.3, -0.25) is 18.6 Å². The first-order chi connectivity index (χ1) is 29.4. The molecule has 0 saturated heterocycles. The molecule has 0 aliphatic heterocycles.